The van der Waals surface area contributed by atoms with E-state index < -0.39 is 11.4 Å². The predicted molar refractivity (Wildman–Crippen MR) is 70.1 cm³/mol. The summed E-state index contributed by atoms with van der Waals surface area (Å²) < 4.78 is 5.41. The van der Waals surface area contributed by atoms with Crippen LogP contribution in [-0.2, 0) is 14.9 Å². The van der Waals surface area contributed by atoms with Crippen molar-refractivity contribution in [2.24, 2.45) is 5.41 Å². The first kappa shape index (κ1) is 11.1. The maximum atomic E-state index is 11.7. The number of aliphatic carboxylic acids is 1. The molecule has 4 nitrogen and oxygen atoms in total. The van der Waals surface area contributed by atoms with Crippen molar-refractivity contribution in [2.75, 3.05) is 13.2 Å². The Morgan fingerprint density at radius 3 is 2.58 bits per heavy atom. The lowest BCUT2D eigenvalue weighted by Gasteiger charge is -2.46. The van der Waals surface area contributed by atoms with Crippen molar-refractivity contribution in [2.45, 2.75) is 18.3 Å². The minimum Gasteiger partial charge on any atom is -0.481 e. The van der Waals surface area contributed by atoms with E-state index in [0.29, 0.717) is 13.2 Å². The van der Waals surface area contributed by atoms with Crippen molar-refractivity contribution in [3.63, 3.8) is 0 Å². The second kappa shape index (κ2) is 3.39. The van der Waals surface area contributed by atoms with Crippen LogP contribution < -0.4 is 0 Å². The van der Waals surface area contributed by atoms with Gasteiger partial charge < -0.3 is 14.8 Å². The van der Waals surface area contributed by atoms with Gasteiger partial charge in [0.15, 0.2) is 0 Å². The highest BCUT2D eigenvalue weighted by atomic mass is 16.5. The molecule has 1 saturated carbocycles. The molecule has 0 spiro atoms. The summed E-state index contributed by atoms with van der Waals surface area (Å²) in [5.74, 6) is -0.680. The first-order valence-corrected chi connectivity index (χ1v) is 6.57. The molecule has 2 fully saturated rings. The van der Waals surface area contributed by atoms with E-state index in [4.69, 9.17) is 4.74 Å². The van der Waals surface area contributed by atoms with Crippen LogP contribution in [0.15, 0.2) is 30.5 Å². The third-order valence-corrected chi connectivity index (χ3v) is 4.88. The molecule has 2 aliphatic rings. The van der Waals surface area contributed by atoms with Crippen molar-refractivity contribution in [1.29, 1.82) is 0 Å². The summed E-state index contributed by atoms with van der Waals surface area (Å²) in [5, 5.41) is 10.7. The van der Waals surface area contributed by atoms with Gasteiger partial charge in [-0.1, -0.05) is 18.2 Å². The van der Waals surface area contributed by atoms with Gasteiger partial charge in [0.25, 0.3) is 0 Å². The van der Waals surface area contributed by atoms with Crippen LogP contribution in [0.1, 0.15) is 18.4 Å². The van der Waals surface area contributed by atoms with Crippen LogP contribution in [0.25, 0.3) is 10.9 Å². The summed E-state index contributed by atoms with van der Waals surface area (Å²) in [7, 11) is 0. The number of fused-ring (bicyclic) bond motifs is 1. The molecule has 1 aromatic heterocycles. The normalized spacial score (nSPS) is 22.9. The smallest absolute Gasteiger partial charge is 0.310 e. The van der Waals surface area contributed by atoms with Crippen LogP contribution in [0.4, 0.5) is 0 Å². The van der Waals surface area contributed by atoms with Gasteiger partial charge >= 0.3 is 5.97 Å². The summed E-state index contributed by atoms with van der Waals surface area (Å²) in [6.07, 6.45) is 3.48. The molecule has 2 aromatic rings. The molecule has 19 heavy (non-hydrogen) atoms. The summed E-state index contributed by atoms with van der Waals surface area (Å²) in [6.45, 7) is 1.03. The molecule has 1 aliphatic carbocycles. The standard InChI is InChI=1S/C15H15NO3/c17-13(18)14(5-6-14)15(8-19-9-15)11-7-16-12-4-2-1-3-10(11)12/h1-4,7,16H,5-6,8-9H2,(H,17,18). The Labute approximate surface area is 110 Å². The van der Waals surface area contributed by atoms with Gasteiger partial charge in [0, 0.05) is 17.1 Å². The van der Waals surface area contributed by atoms with Gasteiger partial charge in [-0.2, -0.15) is 0 Å². The maximum absolute atomic E-state index is 11.7. The molecule has 2 heterocycles. The number of carboxylic acids is 1. The van der Waals surface area contributed by atoms with E-state index in [2.05, 4.69) is 11.1 Å². The zero-order valence-electron chi connectivity index (χ0n) is 10.5. The molecular weight excluding hydrogens is 242 g/mol. The molecule has 0 radical (unpaired) electrons. The van der Waals surface area contributed by atoms with E-state index in [1.807, 2.05) is 24.4 Å². The van der Waals surface area contributed by atoms with Crippen LogP contribution in [0.2, 0.25) is 0 Å². The SMILES string of the molecule is O=C(O)C1(C2(c3c[nH]c4ccccc34)COC2)CC1. The highest BCUT2D eigenvalue weighted by Crippen LogP contribution is 2.63. The number of aromatic amines is 1. The molecule has 0 atom stereocenters. The number of ether oxygens (including phenoxy) is 1. The Morgan fingerprint density at radius 2 is 2.00 bits per heavy atom. The molecule has 4 heteroatoms. The lowest BCUT2D eigenvalue weighted by atomic mass is 9.66. The number of aromatic nitrogens is 1. The Bertz CT molecular complexity index is 665. The summed E-state index contributed by atoms with van der Waals surface area (Å²) in [4.78, 5) is 14.9. The number of hydrogen-bond acceptors (Lipinski definition) is 2. The van der Waals surface area contributed by atoms with Crippen molar-refractivity contribution in [3.8, 4) is 0 Å². The number of benzene rings is 1. The van der Waals surface area contributed by atoms with Gasteiger partial charge in [-0.15, -0.1) is 0 Å². The Kier molecular flexibility index (Phi) is 1.97. The van der Waals surface area contributed by atoms with Crippen molar-refractivity contribution >= 4 is 16.9 Å². The van der Waals surface area contributed by atoms with E-state index in [1.165, 1.54) is 0 Å². The Morgan fingerprint density at radius 1 is 1.26 bits per heavy atom. The van der Waals surface area contributed by atoms with Crippen molar-refractivity contribution in [1.82, 2.24) is 4.98 Å². The van der Waals surface area contributed by atoms with Crippen LogP contribution >= 0.6 is 0 Å². The molecular formula is C15H15NO3. The van der Waals surface area contributed by atoms with Gasteiger partial charge in [0.2, 0.25) is 0 Å². The van der Waals surface area contributed by atoms with Crippen LogP contribution in [0.5, 0.6) is 0 Å². The molecule has 0 amide bonds. The van der Waals surface area contributed by atoms with Gasteiger partial charge in [0.05, 0.1) is 24.0 Å². The first-order valence-electron chi connectivity index (χ1n) is 6.57. The van der Waals surface area contributed by atoms with Gasteiger partial charge in [-0.3, -0.25) is 4.79 Å². The number of nitrogens with one attached hydrogen (secondary N) is 1. The fraction of sp³-hybridized carbons (Fsp3) is 0.400. The first-order chi connectivity index (χ1) is 9.20. The number of carbonyl (C=O) groups is 1. The Balaban J connectivity index is 1.92. The molecule has 1 aliphatic heterocycles. The van der Waals surface area contributed by atoms with Crippen LogP contribution in [0, 0.1) is 5.41 Å². The molecule has 98 valence electrons. The van der Waals surface area contributed by atoms with E-state index in [9.17, 15) is 9.90 Å². The zero-order valence-corrected chi connectivity index (χ0v) is 10.5. The van der Waals surface area contributed by atoms with E-state index in [0.717, 1.165) is 29.3 Å². The largest absolute Gasteiger partial charge is 0.481 e. The monoisotopic (exact) mass is 257 g/mol. The van der Waals surface area contributed by atoms with Crippen molar-refractivity contribution < 1.29 is 14.6 Å². The number of H-pyrrole nitrogens is 1. The van der Waals surface area contributed by atoms with Gasteiger partial charge in [-0.25, -0.2) is 0 Å². The third-order valence-electron chi connectivity index (χ3n) is 4.88. The number of rotatable bonds is 3. The number of carboxylic acid groups (broad SMARTS) is 1. The molecule has 1 saturated heterocycles. The molecule has 4 rings (SSSR count). The lowest BCUT2D eigenvalue weighted by Crippen LogP contribution is -2.56. The quantitative estimate of drug-likeness (QED) is 0.886. The molecule has 1 aromatic carbocycles. The summed E-state index contributed by atoms with van der Waals surface area (Å²) in [6, 6.07) is 8.05. The van der Waals surface area contributed by atoms with E-state index in [1.54, 1.807) is 0 Å². The zero-order chi connectivity index (χ0) is 13.1. The average Bonchev–Trinajstić information content (AvgIpc) is 3.05. The topological polar surface area (TPSA) is 62.3 Å². The minimum absolute atomic E-state index is 0.349. The second-order valence-corrected chi connectivity index (χ2v) is 5.71. The molecule has 0 bridgehead atoms. The van der Waals surface area contributed by atoms with Crippen molar-refractivity contribution in [3.05, 3.63) is 36.0 Å². The predicted octanol–water partition coefficient (Wildman–Crippen LogP) is 2.30. The van der Waals surface area contributed by atoms with Gasteiger partial charge in [-0.05, 0) is 24.5 Å². The number of hydrogen-bond donors (Lipinski definition) is 2. The summed E-state index contributed by atoms with van der Waals surface area (Å²) >= 11 is 0. The molecule has 2 N–H and O–H groups in total. The summed E-state index contributed by atoms with van der Waals surface area (Å²) in [5.41, 5.74) is 1.20. The van der Waals surface area contributed by atoms with E-state index in [-0.39, 0.29) is 5.41 Å². The maximum Gasteiger partial charge on any atom is 0.310 e. The molecule has 0 unspecified atom stereocenters. The second-order valence-electron chi connectivity index (χ2n) is 5.71. The Hall–Kier alpha value is -1.81. The van der Waals surface area contributed by atoms with Gasteiger partial charge in [0.1, 0.15) is 0 Å². The minimum atomic E-state index is -0.680. The third kappa shape index (κ3) is 1.20. The van der Waals surface area contributed by atoms with Crippen LogP contribution in [0.3, 0.4) is 0 Å². The number of para-hydroxylation sites is 1. The highest BCUT2D eigenvalue weighted by molar-refractivity contribution is 5.88. The fourth-order valence-electron chi connectivity index (χ4n) is 3.49. The van der Waals surface area contributed by atoms with E-state index >= 15 is 0 Å². The average molecular weight is 257 g/mol. The highest BCUT2D eigenvalue weighted by Gasteiger charge is 2.68. The fourth-order valence-corrected chi connectivity index (χ4v) is 3.49. The lowest BCUT2D eigenvalue weighted by molar-refractivity contribution is -0.161. The van der Waals surface area contributed by atoms with Crippen LogP contribution in [-0.4, -0.2) is 29.3 Å².